The number of hydrogen-bond acceptors (Lipinski definition) is 1. The standard InChI is InChI=1S/C19H14N2/c1-2-6-15-13-16(10-9-14(15)5-1)19(17-7-3-11-20-17)18-8-4-12-21-18/h1-13,20H/b19-18-. The fourth-order valence-electron chi connectivity index (χ4n) is 2.72. The molecule has 3 aromatic rings. The lowest BCUT2D eigenvalue weighted by molar-refractivity contribution is 1.32. The summed E-state index contributed by atoms with van der Waals surface area (Å²) in [7, 11) is 0. The van der Waals surface area contributed by atoms with Crippen LogP contribution < -0.4 is 0 Å². The van der Waals surface area contributed by atoms with Crippen molar-refractivity contribution in [1.82, 2.24) is 4.98 Å². The molecule has 100 valence electrons. The van der Waals surface area contributed by atoms with Gasteiger partial charge in [-0.3, -0.25) is 4.99 Å². The summed E-state index contributed by atoms with van der Waals surface area (Å²) in [5.41, 5.74) is 4.39. The first-order chi connectivity index (χ1) is 10.4. The van der Waals surface area contributed by atoms with Crippen molar-refractivity contribution in [2.75, 3.05) is 0 Å². The van der Waals surface area contributed by atoms with Crippen LogP contribution in [-0.2, 0) is 0 Å². The normalized spacial score (nSPS) is 15.8. The number of nitrogens with one attached hydrogen (secondary N) is 1. The maximum Gasteiger partial charge on any atom is 0.0729 e. The summed E-state index contributed by atoms with van der Waals surface area (Å²) < 4.78 is 0. The number of aromatic amines is 1. The van der Waals surface area contributed by atoms with Crippen LogP contribution in [0.4, 0.5) is 0 Å². The molecule has 2 aromatic carbocycles. The first kappa shape index (κ1) is 11.9. The smallest absolute Gasteiger partial charge is 0.0729 e. The Morgan fingerprint density at radius 3 is 2.57 bits per heavy atom. The molecular formula is C19H14N2. The SMILES string of the molecule is C1=C/C(=C(\c2ccc3ccccc3c2)c2ccc[nH]2)N=C1. The molecule has 0 unspecified atom stereocenters. The molecule has 0 saturated carbocycles. The minimum Gasteiger partial charge on any atom is -0.361 e. The molecule has 1 N–H and O–H groups in total. The molecule has 1 aromatic heterocycles. The zero-order valence-electron chi connectivity index (χ0n) is 11.5. The summed E-state index contributed by atoms with van der Waals surface area (Å²) in [5, 5.41) is 2.49. The Labute approximate surface area is 123 Å². The predicted octanol–water partition coefficient (Wildman–Crippen LogP) is 4.57. The maximum absolute atomic E-state index is 4.47. The van der Waals surface area contributed by atoms with Crippen molar-refractivity contribution in [3.63, 3.8) is 0 Å². The second-order valence-electron chi connectivity index (χ2n) is 5.04. The van der Waals surface area contributed by atoms with E-state index in [1.807, 2.05) is 30.6 Å². The number of rotatable bonds is 2. The fourth-order valence-corrected chi connectivity index (χ4v) is 2.72. The first-order valence-electron chi connectivity index (χ1n) is 7.00. The summed E-state index contributed by atoms with van der Waals surface area (Å²) in [6, 6.07) is 19.1. The number of aliphatic imine (C=N–C) groups is 1. The lowest BCUT2D eigenvalue weighted by atomic mass is 9.97. The van der Waals surface area contributed by atoms with Crippen LogP contribution in [-0.4, -0.2) is 11.2 Å². The van der Waals surface area contributed by atoms with Gasteiger partial charge in [0.15, 0.2) is 0 Å². The van der Waals surface area contributed by atoms with Crippen molar-refractivity contribution in [3.8, 4) is 0 Å². The first-order valence-corrected chi connectivity index (χ1v) is 7.00. The van der Waals surface area contributed by atoms with E-state index in [0.717, 1.165) is 17.0 Å². The van der Waals surface area contributed by atoms with Crippen LogP contribution in [0.3, 0.4) is 0 Å². The maximum atomic E-state index is 4.47. The molecule has 0 fully saturated rings. The molecule has 0 saturated heterocycles. The molecule has 0 atom stereocenters. The molecule has 0 radical (unpaired) electrons. The third kappa shape index (κ3) is 2.11. The van der Waals surface area contributed by atoms with Crippen molar-refractivity contribution in [2.24, 2.45) is 4.99 Å². The van der Waals surface area contributed by atoms with Crippen LogP contribution >= 0.6 is 0 Å². The van der Waals surface area contributed by atoms with Crippen molar-refractivity contribution in [2.45, 2.75) is 0 Å². The average molecular weight is 270 g/mol. The number of allylic oxidation sites excluding steroid dienone is 2. The highest BCUT2D eigenvalue weighted by Crippen LogP contribution is 2.30. The molecule has 0 aliphatic carbocycles. The largest absolute Gasteiger partial charge is 0.361 e. The van der Waals surface area contributed by atoms with Crippen LogP contribution in [0.5, 0.6) is 0 Å². The van der Waals surface area contributed by atoms with E-state index in [2.05, 4.69) is 58.5 Å². The minimum absolute atomic E-state index is 0.993. The predicted molar refractivity (Wildman–Crippen MR) is 88.4 cm³/mol. The molecule has 1 aliphatic rings. The van der Waals surface area contributed by atoms with E-state index < -0.39 is 0 Å². The Morgan fingerprint density at radius 1 is 0.905 bits per heavy atom. The third-order valence-corrected chi connectivity index (χ3v) is 3.72. The van der Waals surface area contributed by atoms with E-state index in [1.165, 1.54) is 16.3 Å². The quantitative estimate of drug-likeness (QED) is 0.706. The van der Waals surface area contributed by atoms with Crippen LogP contribution in [0.15, 0.2) is 83.6 Å². The number of benzene rings is 2. The van der Waals surface area contributed by atoms with E-state index in [4.69, 9.17) is 0 Å². The molecule has 2 nitrogen and oxygen atoms in total. The van der Waals surface area contributed by atoms with Gasteiger partial charge in [0.05, 0.1) is 5.70 Å². The zero-order chi connectivity index (χ0) is 14.1. The Kier molecular flexibility index (Phi) is 2.79. The monoisotopic (exact) mass is 270 g/mol. The van der Waals surface area contributed by atoms with Gasteiger partial charge < -0.3 is 4.98 Å². The van der Waals surface area contributed by atoms with E-state index in [0.29, 0.717) is 0 Å². The van der Waals surface area contributed by atoms with Crippen molar-refractivity contribution in [3.05, 3.63) is 89.9 Å². The van der Waals surface area contributed by atoms with Crippen molar-refractivity contribution < 1.29 is 0 Å². The second kappa shape index (κ2) is 4.91. The molecule has 2 heterocycles. The van der Waals surface area contributed by atoms with Crippen LogP contribution in [0.25, 0.3) is 16.3 Å². The molecule has 21 heavy (non-hydrogen) atoms. The number of H-pyrrole nitrogens is 1. The van der Waals surface area contributed by atoms with E-state index >= 15 is 0 Å². The highest BCUT2D eigenvalue weighted by molar-refractivity contribution is 5.92. The molecule has 4 rings (SSSR count). The Bertz CT molecular complexity index is 867. The summed E-state index contributed by atoms with van der Waals surface area (Å²) in [6.07, 6.45) is 7.79. The molecular weight excluding hydrogens is 256 g/mol. The fraction of sp³-hybridized carbons (Fsp3) is 0. The van der Waals surface area contributed by atoms with Gasteiger partial charge in [0, 0.05) is 23.7 Å². The summed E-state index contributed by atoms with van der Waals surface area (Å²) in [4.78, 5) is 7.77. The van der Waals surface area contributed by atoms with Gasteiger partial charge in [-0.25, -0.2) is 0 Å². The summed E-state index contributed by atoms with van der Waals surface area (Å²) >= 11 is 0. The Hall–Kier alpha value is -2.87. The van der Waals surface area contributed by atoms with Gasteiger partial charge in [0.25, 0.3) is 0 Å². The number of aromatic nitrogens is 1. The molecule has 0 amide bonds. The highest BCUT2D eigenvalue weighted by Gasteiger charge is 2.12. The average Bonchev–Trinajstić information content (AvgIpc) is 3.21. The van der Waals surface area contributed by atoms with E-state index in [1.54, 1.807) is 0 Å². The third-order valence-electron chi connectivity index (χ3n) is 3.72. The summed E-state index contributed by atoms with van der Waals surface area (Å²) in [5.74, 6) is 0. The minimum atomic E-state index is 0.993. The Balaban J connectivity index is 1.96. The number of hydrogen-bond donors (Lipinski definition) is 1. The second-order valence-corrected chi connectivity index (χ2v) is 5.04. The molecule has 2 heteroatoms. The van der Waals surface area contributed by atoms with Crippen molar-refractivity contribution in [1.29, 1.82) is 0 Å². The van der Waals surface area contributed by atoms with Crippen LogP contribution in [0, 0.1) is 0 Å². The number of fused-ring (bicyclic) bond motifs is 1. The van der Waals surface area contributed by atoms with Gasteiger partial charge in [-0.2, -0.15) is 0 Å². The van der Waals surface area contributed by atoms with Gasteiger partial charge >= 0.3 is 0 Å². The zero-order valence-corrected chi connectivity index (χ0v) is 11.5. The van der Waals surface area contributed by atoms with Gasteiger partial charge in [0.2, 0.25) is 0 Å². The lowest BCUT2D eigenvalue weighted by Gasteiger charge is -2.09. The van der Waals surface area contributed by atoms with E-state index in [9.17, 15) is 0 Å². The number of nitrogens with zero attached hydrogens (tertiary/aromatic N) is 1. The molecule has 0 spiro atoms. The topological polar surface area (TPSA) is 28.1 Å². The summed E-state index contributed by atoms with van der Waals surface area (Å²) in [6.45, 7) is 0. The van der Waals surface area contributed by atoms with Gasteiger partial charge in [0.1, 0.15) is 0 Å². The van der Waals surface area contributed by atoms with E-state index in [-0.39, 0.29) is 0 Å². The van der Waals surface area contributed by atoms with Gasteiger partial charge in [-0.15, -0.1) is 0 Å². The molecule has 1 aliphatic heterocycles. The van der Waals surface area contributed by atoms with Gasteiger partial charge in [-0.05, 0) is 46.7 Å². The van der Waals surface area contributed by atoms with Crippen molar-refractivity contribution >= 4 is 22.6 Å². The molecule has 0 bridgehead atoms. The highest BCUT2D eigenvalue weighted by atomic mass is 14.8. The van der Waals surface area contributed by atoms with Crippen LogP contribution in [0.2, 0.25) is 0 Å². The van der Waals surface area contributed by atoms with Crippen LogP contribution in [0.1, 0.15) is 11.3 Å². The van der Waals surface area contributed by atoms with Gasteiger partial charge in [-0.1, -0.05) is 36.4 Å². The Morgan fingerprint density at radius 2 is 1.81 bits per heavy atom. The lowest BCUT2D eigenvalue weighted by Crippen LogP contribution is -1.92.